The zero-order valence-corrected chi connectivity index (χ0v) is 30.3. The fraction of sp³-hybridized carbons (Fsp3) is 0. The molecule has 0 saturated heterocycles. The highest BCUT2D eigenvalue weighted by Gasteiger charge is 2.22. The Hall–Kier alpha value is -7.63. The molecule has 0 spiro atoms. The maximum Gasteiger partial charge on any atom is 0.238 e. The topological polar surface area (TPSA) is 48.5 Å². The zero-order chi connectivity index (χ0) is 37.0. The van der Waals surface area contributed by atoms with Gasteiger partial charge in [0.05, 0.1) is 22.1 Å². The van der Waals surface area contributed by atoms with Gasteiger partial charge < -0.3 is 4.57 Å². The van der Waals surface area contributed by atoms with Gasteiger partial charge in [-0.15, -0.1) is 0 Å². The SMILES string of the molecule is c1ccc(-c2ccc3c4cc5c(cc4n(-c4ccccc4)c3c2)c2ccc(-c3ccccc3)cc2n5-c2nc(-c3ccccc3)nc(-c3ccccc3)n2)cc1. The van der Waals surface area contributed by atoms with Crippen molar-refractivity contribution in [3.8, 4) is 56.7 Å². The molecule has 5 nitrogen and oxygen atoms in total. The van der Waals surface area contributed by atoms with Crippen LogP contribution in [0.15, 0.2) is 200 Å². The van der Waals surface area contributed by atoms with Gasteiger partial charge in [0, 0.05) is 38.4 Å². The number of rotatable bonds is 6. The number of para-hydroxylation sites is 1. The Labute approximate surface area is 323 Å². The largest absolute Gasteiger partial charge is 0.309 e. The van der Waals surface area contributed by atoms with E-state index in [0.29, 0.717) is 17.6 Å². The summed E-state index contributed by atoms with van der Waals surface area (Å²) in [5.41, 5.74) is 12.0. The van der Waals surface area contributed by atoms with Crippen LogP contribution in [0.5, 0.6) is 0 Å². The number of hydrogen-bond acceptors (Lipinski definition) is 3. The lowest BCUT2D eigenvalue weighted by Crippen LogP contribution is -2.06. The summed E-state index contributed by atoms with van der Waals surface area (Å²) in [6, 6.07) is 70.5. The van der Waals surface area contributed by atoms with Crippen molar-refractivity contribution in [1.82, 2.24) is 24.1 Å². The van der Waals surface area contributed by atoms with Gasteiger partial charge in [0.25, 0.3) is 0 Å². The molecule has 0 bridgehead atoms. The van der Waals surface area contributed by atoms with E-state index >= 15 is 0 Å². The van der Waals surface area contributed by atoms with Crippen molar-refractivity contribution in [2.24, 2.45) is 0 Å². The molecule has 0 saturated carbocycles. The lowest BCUT2D eigenvalue weighted by molar-refractivity contribution is 0.954. The van der Waals surface area contributed by atoms with Crippen LogP contribution in [0.1, 0.15) is 0 Å². The first kappa shape index (κ1) is 31.9. The van der Waals surface area contributed by atoms with Crippen molar-refractivity contribution in [3.63, 3.8) is 0 Å². The summed E-state index contributed by atoms with van der Waals surface area (Å²) in [5.74, 6) is 1.82. The predicted molar refractivity (Wildman–Crippen MR) is 230 cm³/mol. The van der Waals surface area contributed by atoms with Crippen LogP contribution in [0.3, 0.4) is 0 Å². The van der Waals surface area contributed by atoms with Gasteiger partial charge in [0.1, 0.15) is 0 Å². The molecule has 11 aromatic rings. The summed E-state index contributed by atoms with van der Waals surface area (Å²) >= 11 is 0. The van der Waals surface area contributed by atoms with Crippen LogP contribution in [0, 0.1) is 0 Å². The van der Waals surface area contributed by atoms with E-state index in [4.69, 9.17) is 15.0 Å². The lowest BCUT2D eigenvalue weighted by Gasteiger charge is -2.11. The molecule has 3 aromatic heterocycles. The second-order valence-electron chi connectivity index (χ2n) is 14.1. The number of hydrogen-bond donors (Lipinski definition) is 0. The molecule has 0 aliphatic heterocycles. The fourth-order valence-electron chi connectivity index (χ4n) is 8.12. The molecular formula is C51H33N5. The van der Waals surface area contributed by atoms with E-state index in [-0.39, 0.29) is 0 Å². The maximum atomic E-state index is 5.25. The first-order chi connectivity index (χ1) is 27.8. The molecule has 8 aromatic carbocycles. The lowest BCUT2D eigenvalue weighted by atomic mass is 10.0. The zero-order valence-electron chi connectivity index (χ0n) is 30.3. The van der Waals surface area contributed by atoms with Crippen LogP contribution >= 0.6 is 0 Å². The third-order valence-electron chi connectivity index (χ3n) is 10.8. The quantitative estimate of drug-likeness (QED) is 0.172. The first-order valence-corrected chi connectivity index (χ1v) is 18.9. The number of fused-ring (bicyclic) bond motifs is 6. The number of benzene rings is 8. The van der Waals surface area contributed by atoms with Gasteiger partial charge in [-0.05, 0) is 58.7 Å². The smallest absolute Gasteiger partial charge is 0.238 e. The van der Waals surface area contributed by atoms with Crippen molar-refractivity contribution in [1.29, 1.82) is 0 Å². The van der Waals surface area contributed by atoms with E-state index in [1.165, 1.54) is 16.5 Å². The summed E-state index contributed by atoms with van der Waals surface area (Å²) in [7, 11) is 0. The van der Waals surface area contributed by atoms with Crippen LogP contribution in [-0.4, -0.2) is 24.1 Å². The Bertz CT molecular complexity index is 3150. The van der Waals surface area contributed by atoms with E-state index in [9.17, 15) is 0 Å². The summed E-state index contributed by atoms with van der Waals surface area (Å²) < 4.78 is 4.64. The Morgan fingerprint density at radius 2 is 0.643 bits per heavy atom. The average molecular weight is 716 g/mol. The summed E-state index contributed by atoms with van der Waals surface area (Å²) in [4.78, 5) is 15.5. The van der Waals surface area contributed by atoms with Gasteiger partial charge in [0.15, 0.2) is 11.6 Å². The van der Waals surface area contributed by atoms with Crippen molar-refractivity contribution in [2.45, 2.75) is 0 Å². The van der Waals surface area contributed by atoms with Crippen LogP contribution < -0.4 is 0 Å². The molecule has 0 aliphatic rings. The minimum atomic E-state index is 0.570. The predicted octanol–water partition coefficient (Wildman–Crippen LogP) is 12.7. The first-order valence-electron chi connectivity index (χ1n) is 18.9. The molecule has 0 radical (unpaired) electrons. The second-order valence-corrected chi connectivity index (χ2v) is 14.1. The molecule has 262 valence electrons. The van der Waals surface area contributed by atoms with Gasteiger partial charge >= 0.3 is 0 Å². The van der Waals surface area contributed by atoms with Crippen molar-refractivity contribution in [3.05, 3.63) is 200 Å². The minimum absolute atomic E-state index is 0.570. The highest BCUT2D eigenvalue weighted by molar-refractivity contribution is 6.19. The molecule has 0 atom stereocenters. The Kier molecular flexibility index (Phi) is 7.42. The van der Waals surface area contributed by atoms with E-state index < -0.39 is 0 Å². The molecule has 0 fully saturated rings. The van der Waals surface area contributed by atoms with E-state index in [0.717, 1.165) is 66.2 Å². The van der Waals surface area contributed by atoms with Gasteiger partial charge in [-0.2, -0.15) is 9.97 Å². The molecule has 56 heavy (non-hydrogen) atoms. The Morgan fingerprint density at radius 3 is 1.11 bits per heavy atom. The van der Waals surface area contributed by atoms with Crippen LogP contribution in [0.25, 0.3) is 100 Å². The number of nitrogens with zero attached hydrogens (tertiary/aromatic N) is 5. The fourth-order valence-corrected chi connectivity index (χ4v) is 8.12. The van der Waals surface area contributed by atoms with Crippen LogP contribution in [0.4, 0.5) is 0 Å². The van der Waals surface area contributed by atoms with Crippen molar-refractivity contribution < 1.29 is 0 Å². The summed E-state index contributed by atoms with van der Waals surface area (Å²) in [6.07, 6.45) is 0. The maximum absolute atomic E-state index is 5.25. The van der Waals surface area contributed by atoms with Crippen molar-refractivity contribution in [2.75, 3.05) is 0 Å². The molecular weight excluding hydrogens is 683 g/mol. The highest BCUT2D eigenvalue weighted by Crippen LogP contribution is 2.41. The van der Waals surface area contributed by atoms with Gasteiger partial charge in [-0.1, -0.05) is 164 Å². The monoisotopic (exact) mass is 715 g/mol. The highest BCUT2D eigenvalue weighted by atomic mass is 15.2. The standard InChI is InChI=1S/C51H33N5/c1-6-16-34(17-7-1)38-26-28-41-43-33-48-44(32-47(43)55(45(41)30-38)40-24-14-5-15-25-40)42-29-27-39(35-18-8-2-9-19-35)31-46(42)56(48)51-53-49(36-20-10-3-11-21-36)52-50(54-51)37-22-12-4-13-23-37/h1-33H. The third-order valence-corrected chi connectivity index (χ3v) is 10.8. The molecule has 0 aliphatic carbocycles. The molecule has 0 unspecified atom stereocenters. The molecule has 3 heterocycles. The normalized spacial score (nSPS) is 11.6. The summed E-state index contributed by atoms with van der Waals surface area (Å²) in [6.45, 7) is 0. The average Bonchev–Trinajstić information content (AvgIpc) is 3.77. The minimum Gasteiger partial charge on any atom is -0.309 e. The van der Waals surface area contributed by atoms with Gasteiger partial charge in [-0.3, -0.25) is 4.57 Å². The van der Waals surface area contributed by atoms with Gasteiger partial charge in [0.2, 0.25) is 5.95 Å². The third kappa shape index (κ3) is 5.29. The van der Waals surface area contributed by atoms with E-state index in [1.807, 2.05) is 36.4 Å². The van der Waals surface area contributed by atoms with E-state index in [2.05, 4.69) is 173 Å². The van der Waals surface area contributed by atoms with Gasteiger partial charge in [-0.25, -0.2) is 4.98 Å². The summed E-state index contributed by atoms with van der Waals surface area (Å²) in [5, 5.41) is 4.58. The molecule has 0 amide bonds. The van der Waals surface area contributed by atoms with Crippen molar-refractivity contribution >= 4 is 43.6 Å². The Morgan fingerprint density at radius 1 is 0.268 bits per heavy atom. The van der Waals surface area contributed by atoms with Crippen LogP contribution in [-0.2, 0) is 0 Å². The molecule has 11 rings (SSSR count). The second kappa shape index (κ2) is 13.0. The Balaban J connectivity index is 1.26. The van der Waals surface area contributed by atoms with E-state index in [1.54, 1.807) is 0 Å². The number of aromatic nitrogens is 5. The molecule has 0 N–H and O–H groups in total. The van der Waals surface area contributed by atoms with Crippen LogP contribution in [0.2, 0.25) is 0 Å². The molecule has 5 heteroatoms.